The minimum absolute atomic E-state index is 0.498. The maximum atomic E-state index is 6.40. The molecule has 3 aliphatic carbocycles. The number of fused-ring (bicyclic) bond motifs is 1. The molecule has 3 fully saturated rings. The monoisotopic (exact) mass is 361 g/mol. The van der Waals surface area contributed by atoms with Crippen molar-refractivity contribution < 1.29 is 0 Å². The van der Waals surface area contributed by atoms with E-state index in [1.807, 2.05) is 0 Å². The van der Waals surface area contributed by atoms with E-state index in [0.717, 1.165) is 47.3 Å². The lowest BCUT2D eigenvalue weighted by Gasteiger charge is -2.53. The Morgan fingerprint density at radius 2 is 1.58 bits per heavy atom. The van der Waals surface area contributed by atoms with Crippen LogP contribution in [-0.2, 0) is 0 Å². The van der Waals surface area contributed by atoms with Crippen LogP contribution in [0.25, 0.3) is 0 Å². The van der Waals surface area contributed by atoms with Crippen LogP contribution in [0.3, 0.4) is 0 Å². The average molecular weight is 362 g/mol. The fourth-order valence-corrected chi connectivity index (χ4v) is 7.64. The van der Waals surface area contributed by atoms with Gasteiger partial charge in [-0.1, -0.05) is 59.8 Å². The molecule has 0 aromatic heterocycles. The van der Waals surface area contributed by atoms with Crippen LogP contribution >= 0.6 is 0 Å². The summed E-state index contributed by atoms with van der Waals surface area (Å²) >= 11 is 0. The van der Waals surface area contributed by atoms with Crippen LogP contribution in [0.5, 0.6) is 0 Å². The predicted octanol–water partition coefficient (Wildman–Crippen LogP) is 7.04. The van der Waals surface area contributed by atoms with Crippen LogP contribution in [-0.4, -0.2) is 6.04 Å². The molecular formula is C25H47N. The standard InChI is InChI=1S/C25H47N/c1-5-7-21(14-17(2)3)25-23(19-9-6-8-18(4)15-19)12-10-20-16-22(26)11-13-24(20)25/h17-25H,5-16,26H2,1-4H3. The summed E-state index contributed by atoms with van der Waals surface area (Å²) in [5.41, 5.74) is 6.40. The molecule has 1 heteroatoms. The lowest BCUT2D eigenvalue weighted by molar-refractivity contribution is -0.0315. The van der Waals surface area contributed by atoms with E-state index in [1.54, 1.807) is 0 Å². The van der Waals surface area contributed by atoms with Gasteiger partial charge in [-0.15, -0.1) is 0 Å². The van der Waals surface area contributed by atoms with Crippen molar-refractivity contribution in [2.45, 2.75) is 111 Å². The quantitative estimate of drug-likeness (QED) is 0.539. The van der Waals surface area contributed by atoms with Gasteiger partial charge in [0.1, 0.15) is 0 Å². The highest BCUT2D eigenvalue weighted by Gasteiger charge is 2.47. The van der Waals surface area contributed by atoms with Crippen LogP contribution in [0.4, 0.5) is 0 Å². The molecule has 0 saturated heterocycles. The van der Waals surface area contributed by atoms with Crippen LogP contribution in [0.1, 0.15) is 105 Å². The summed E-state index contributed by atoms with van der Waals surface area (Å²) in [7, 11) is 0. The van der Waals surface area contributed by atoms with Gasteiger partial charge < -0.3 is 5.73 Å². The second-order valence-electron chi connectivity index (χ2n) is 11.0. The Morgan fingerprint density at radius 1 is 0.885 bits per heavy atom. The molecule has 2 N–H and O–H groups in total. The van der Waals surface area contributed by atoms with E-state index in [-0.39, 0.29) is 0 Å². The van der Waals surface area contributed by atoms with Crippen LogP contribution in [0, 0.1) is 47.3 Å². The van der Waals surface area contributed by atoms with Crippen molar-refractivity contribution in [1.29, 1.82) is 0 Å². The smallest absolute Gasteiger partial charge is 0.00416 e. The predicted molar refractivity (Wildman–Crippen MR) is 114 cm³/mol. The molecule has 0 aromatic rings. The zero-order chi connectivity index (χ0) is 18.7. The van der Waals surface area contributed by atoms with E-state index in [4.69, 9.17) is 5.73 Å². The molecule has 0 aromatic carbocycles. The lowest BCUT2D eigenvalue weighted by atomic mass is 9.52. The third-order valence-electron chi connectivity index (χ3n) is 8.50. The lowest BCUT2D eigenvalue weighted by Crippen LogP contribution is -2.47. The molecular weight excluding hydrogens is 314 g/mol. The highest BCUT2D eigenvalue weighted by Crippen LogP contribution is 2.55. The van der Waals surface area contributed by atoms with Gasteiger partial charge in [0.25, 0.3) is 0 Å². The highest BCUT2D eigenvalue weighted by atomic mass is 14.7. The number of rotatable bonds is 6. The first-order valence-electron chi connectivity index (χ1n) is 12.2. The molecule has 8 unspecified atom stereocenters. The van der Waals surface area contributed by atoms with Gasteiger partial charge in [-0.2, -0.15) is 0 Å². The van der Waals surface area contributed by atoms with E-state index in [2.05, 4.69) is 27.7 Å². The summed E-state index contributed by atoms with van der Waals surface area (Å²) in [5.74, 6) is 7.83. The third kappa shape index (κ3) is 4.86. The Morgan fingerprint density at radius 3 is 2.23 bits per heavy atom. The topological polar surface area (TPSA) is 26.0 Å². The van der Waals surface area contributed by atoms with Crippen LogP contribution in [0.15, 0.2) is 0 Å². The summed E-state index contributed by atoms with van der Waals surface area (Å²) in [5, 5.41) is 0. The van der Waals surface area contributed by atoms with Crippen molar-refractivity contribution in [3.63, 3.8) is 0 Å². The van der Waals surface area contributed by atoms with E-state index in [9.17, 15) is 0 Å². The highest BCUT2D eigenvalue weighted by molar-refractivity contribution is 4.97. The van der Waals surface area contributed by atoms with Crippen molar-refractivity contribution in [2.24, 2.45) is 53.1 Å². The molecule has 3 rings (SSSR count). The average Bonchev–Trinajstić information content (AvgIpc) is 2.60. The summed E-state index contributed by atoms with van der Waals surface area (Å²) in [6.45, 7) is 9.85. The minimum Gasteiger partial charge on any atom is -0.328 e. The van der Waals surface area contributed by atoms with Gasteiger partial charge in [0.2, 0.25) is 0 Å². The Balaban J connectivity index is 1.83. The van der Waals surface area contributed by atoms with Gasteiger partial charge in [-0.25, -0.2) is 0 Å². The first-order chi connectivity index (χ1) is 12.5. The number of hydrogen-bond donors (Lipinski definition) is 1. The first-order valence-corrected chi connectivity index (χ1v) is 12.2. The summed E-state index contributed by atoms with van der Waals surface area (Å²) in [4.78, 5) is 0. The molecule has 152 valence electrons. The van der Waals surface area contributed by atoms with Crippen molar-refractivity contribution in [2.75, 3.05) is 0 Å². The first kappa shape index (κ1) is 20.7. The largest absolute Gasteiger partial charge is 0.328 e. The molecule has 3 aliphatic rings. The van der Waals surface area contributed by atoms with Gasteiger partial charge in [0.15, 0.2) is 0 Å². The fourth-order valence-electron chi connectivity index (χ4n) is 7.64. The molecule has 0 radical (unpaired) electrons. The zero-order valence-corrected chi connectivity index (χ0v) is 18.3. The second-order valence-corrected chi connectivity index (χ2v) is 11.0. The van der Waals surface area contributed by atoms with Gasteiger partial charge in [0, 0.05) is 6.04 Å². The zero-order valence-electron chi connectivity index (χ0n) is 18.3. The van der Waals surface area contributed by atoms with Crippen LogP contribution < -0.4 is 5.73 Å². The maximum absolute atomic E-state index is 6.40. The molecule has 0 heterocycles. The van der Waals surface area contributed by atoms with E-state index in [1.165, 1.54) is 77.0 Å². The van der Waals surface area contributed by atoms with Crippen molar-refractivity contribution >= 4 is 0 Å². The Kier molecular flexibility index (Phi) is 7.51. The van der Waals surface area contributed by atoms with Gasteiger partial charge in [-0.05, 0) is 92.3 Å². The second kappa shape index (κ2) is 9.44. The van der Waals surface area contributed by atoms with E-state index < -0.39 is 0 Å². The summed E-state index contributed by atoms with van der Waals surface area (Å²) < 4.78 is 0. The van der Waals surface area contributed by atoms with Crippen molar-refractivity contribution in [1.82, 2.24) is 0 Å². The summed E-state index contributed by atoms with van der Waals surface area (Å²) in [6, 6.07) is 0.498. The van der Waals surface area contributed by atoms with Gasteiger partial charge in [-0.3, -0.25) is 0 Å². The Labute approximate surface area is 164 Å². The molecule has 0 bridgehead atoms. The molecule has 26 heavy (non-hydrogen) atoms. The van der Waals surface area contributed by atoms with E-state index in [0.29, 0.717) is 6.04 Å². The SMILES string of the molecule is CCCC(CC(C)C)C1C(C2CCCC(C)C2)CCC2CC(N)CCC21. The molecule has 3 saturated carbocycles. The molecule has 1 nitrogen and oxygen atoms in total. The summed E-state index contributed by atoms with van der Waals surface area (Å²) in [6.07, 6.45) is 17.4. The maximum Gasteiger partial charge on any atom is 0.00416 e. The van der Waals surface area contributed by atoms with Crippen molar-refractivity contribution in [3.05, 3.63) is 0 Å². The van der Waals surface area contributed by atoms with Gasteiger partial charge in [0.05, 0.1) is 0 Å². The molecule has 0 spiro atoms. The Hall–Kier alpha value is -0.0400. The van der Waals surface area contributed by atoms with E-state index >= 15 is 0 Å². The normalized spacial score (nSPS) is 42.5. The number of nitrogens with two attached hydrogens (primary N) is 1. The van der Waals surface area contributed by atoms with Gasteiger partial charge >= 0.3 is 0 Å². The minimum atomic E-state index is 0.498. The molecule has 8 atom stereocenters. The molecule has 0 aliphatic heterocycles. The molecule has 0 amide bonds. The van der Waals surface area contributed by atoms with Crippen LogP contribution in [0.2, 0.25) is 0 Å². The fraction of sp³-hybridized carbons (Fsp3) is 1.00. The third-order valence-corrected chi connectivity index (χ3v) is 8.50. The Bertz CT molecular complexity index is 416. The number of hydrogen-bond acceptors (Lipinski definition) is 1. The van der Waals surface area contributed by atoms with Crippen molar-refractivity contribution in [3.8, 4) is 0 Å².